The van der Waals surface area contributed by atoms with Crippen LogP contribution in [0.3, 0.4) is 0 Å². The van der Waals surface area contributed by atoms with Crippen LogP contribution in [0.25, 0.3) is 0 Å². The van der Waals surface area contributed by atoms with Crippen molar-refractivity contribution in [2.24, 2.45) is 10.4 Å². The van der Waals surface area contributed by atoms with E-state index in [0.29, 0.717) is 5.41 Å². The van der Waals surface area contributed by atoms with Gasteiger partial charge in [-0.2, -0.15) is 11.3 Å². The molecule has 0 atom stereocenters. The van der Waals surface area contributed by atoms with E-state index in [9.17, 15) is 0 Å². The number of aliphatic imine (C=N–C) groups is 1. The molecule has 1 saturated carbocycles. The summed E-state index contributed by atoms with van der Waals surface area (Å²) in [6, 6.07) is 2.10. The van der Waals surface area contributed by atoms with Crippen molar-refractivity contribution in [3.8, 4) is 0 Å². The van der Waals surface area contributed by atoms with Gasteiger partial charge in [0.2, 0.25) is 0 Å². The summed E-state index contributed by atoms with van der Waals surface area (Å²) in [5.41, 5.74) is 1.73. The van der Waals surface area contributed by atoms with E-state index >= 15 is 0 Å². The van der Waals surface area contributed by atoms with E-state index < -0.39 is 0 Å². The molecule has 1 fully saturated rings. The van der Waals surface area contributed by atoms with Crippen LogP contribution in [-0.2, 0) is 0 Å². The van der Waals surface area contributed by atoms with Crippen LogP contribution in [0.2, 0.25) is 0 Å². The second-order valence-corrected chi connectivity index (χ2v) is 6.50. The van der Waals surface area contributed by atoms with E-state index in [4.69, 9.17) is 4.99 Å². The molecule has 2 aliphatic rings. The molecule has 2 nitrogen and oxygen atoms in total. The molecule has 0 saturated heterocycles. The van der Waals surface area contributed by atoms with E-state index in [1.165, 1.54) is 37.1 Å². The minimum Gasteiger partial charge on any atom is -0.334 e. The Morgan fingerprint density at radius 1 is 1.31 bits per heavy atom. The van der Waals surface area contributed by atoms with E-state index in [0.717, 1.165) is 11.7 Å². The average Bonchev–Trinajstić information content (AvgIpc) is 2.94. The number of nitrogens with one attached hydrogen (secondary N) is 1. The third-order valence-corrected chi connectivity index (χ3v) is 5.45. The molecule has 3 rings (SSSR count). The topological polar surface area (TPSA) is 24.4 Å². The SMILES string of the molecule is c1cc(NC2=NCC3(CCCC3)CS2)cs1. The van der Waals surface area contributed by atoms with Gasteiger partial charge >= 0.3 is 0 Å². The zero-order valence-corrected chi connectivity index (χ0v) is 10.9. The molecule has 2 heterocycles. The van der Waals surface area contributed by atoms with Gasteiger partial charge in [0, 0.05) is 17.7 Å². The lowest BCUT2D eigenvalue weighted by Gasteiger charge is -2.30. The monoisotopic (exact) mass is 252 g/mol. The molecule has 1 aliphatic heterocycles. The summed E-state index contributed by atoms with van der Waals surface area (Å²) in [7, 11) is 0. The van der Waals surface area contributed by atoms with Crippen LogP contribution in [0.5, 0.6) is 0 Å². The number of amidine groups is 1. The Balaban J connectivity index is 1.65. The first kappa shape index (κ1) is 10.7. The fraction of sp³-hybridized carbons (Fsp3) is 0.583. The predicted octanol–water partition coefficient (Wildman–Crippen LogP) is 3.82. The van der Waals surface area contributed by atoms with Gasteiger partial charge in [-0.05, 0) is 29.7 Å². The van der Waals surface area contributed by atoms with E-state index in [1.807, 2.05) is 11.8 Å². The van der Waals surface area contributed by atoms with Gasteiger partial charge in [0.25, 0.3) is 0 Å². The molecule has 1 aromatic heterocycles. The van der Waals surface area contributed by atoms with Crippen molar-refractivity contribution in [2.75, 3.05) is 17.6 Å². The molecular formula is C12H16N2S2. The Bertz CT molecular complexity index is 378. The fourth-order valence-electron chi connectivity index (χ4n) is 2.51. The maximum Gasteiger partial charge on any atom is 0.161 e. The standard InChI is InChI=1S/C12H16N2S2/c1-2-5-12(4-1)8-13-11(16-9-12)14-10-3-6-15-7-10/h3,6-7H,1-2,4-5,8-9H2,(H,13,14). The lowest BCUT2D eigenvalue weighted by atomic mass is 9.89. The van der Waals surface area contributed by atoms with Gasteiger partial charge in [0.15, 0.2) is 5.17 Å². The third kappa shape index (κ3) is 2.13. The maximum atomic E-state index is 4.71. The van der Waals surface area contributed by atoms with Gasteiger partial charge in [0.05, 0.1) is 5.69 Å². The molecule has 1 aromatic rings. The fourth-order valence-corrected chi connectivity index (χ4v) is 4.27. The number of hydrogen-bond acceptors (Lipinski definition) is 4. The van der Waals surface area contributed by atoms with Gasteiger partial charge in [-0.25, -0.2) is 0 Å². The zero-order valence-electron chi connectivity index (χ0n) is 9.24. The Morgan fingerprint density at radius 2 is 2.19 bits per heavy atom. The summed E-state index contributed by atoms with van der Waals surface area (Å²) >= 11 is 3.62. The normalized spacial score (nSPS) is 23.4. The highest BCUT2D eigenvalue weighted by Gasteiger charge is 2.36. The molecule has 0 aromatic carbocycles. The van der Waals surface area contributed by atoms with Crippen LogP contribution in [0, 0.1) is 5.41 Å². The number of thiophene rings is 1. The number of nitrogens with zero attached hydrogens (tertiary/aromatic N) is 1. The van der Waals surface area contributed by atoms with Crippen molar-refractivity contribution in [1.82, 2.24) is 0 Å². The minimum atomic E-state index is 0.546. The number of hydrogen-bond donors (Lipinski definition) is 1. The van der Waals surface area contributed by atoms with Crippen molar-refractivity contribution in [1.29, 1.82) is 0 Å². The molecule has 86 valence electrons. The maximum absolute atomic E-state index is 4.71. The second kappa shape index (κ2) is 4.41. The Hall–Kier alpha value is -0.480. The van der Waals surface area contributed by atoms with Crippen LogP contribution in [0.4, 0.5) is 5.69 Å². The van der Waals surface area contributed by atoms with Crippen molar-refractivity contribution in [2.45, 2.75) is 25.7 Å². The first-order valence-corrected chi connectivity index (χ1v) is 7.76. The van der Waals surface area contributed by atoms with Crippen LogP contribution in [-0.4, -0.2) is 17.5 Å². The van der Waals surface area contributed by atoms with E-state index in [1.54, 1.807) is 11.3 Å². The summed E-state index contributed by atoms with van der Waals surface area (Å²) in [5.74, 6) is 1.25. The first-order chi connectivity index (χ1) is 7.86. The molecular weight excluding hydrogens is 236 g/mol. The lowest BCUT2D eigenvalue weighted by Crippen LogP contribution is -2.30. The molecule has 0 unspecified atom stereocenters. The highest BCUT2D eigenvalue weighted by atomic mass is 32.2. The summed E-state index contributed by atoms with van der Waals surface area (Å²) < 4.78 is 0. The van der Waals surface area contributed by atoms with Gasteiger partial charge in [-0.1, -0.05) is 24.6 Å². The minimum absolute atomic E-state index is 0.546. The van der Waals surface area contributed by atoms with Gasteiger partial charge < -0.3 is 5.32 Å². The molecule has 4 heteroatoms. The van der Waals surface area contributed by atoms with Gasteiger partial charge in [-0.15, -0.1) is 0 Å². The number of thioether (sulfide) groups is 1. The van der Waals surface area contributed by atoms with Crippen LogP contribution >= 0.6 is 23.1 Å². The molecule has 1 N–H and O–H groups in total. The van der Waals surface area contributed by atoms with Crippen molar-refractivity contribution in [3.63, 3.8) is 0 Å². The summed E-state index contributed by atoms with van der Waals surface area (Å²) in [6.45, 7) is 1.03. The molecule has 1 spiro atoms. The van der Waals surface area contributed by atoms with Gasteiger partial charge in [-0.3, -0.25) is 4.99 Å². The van der Waals surface area contributed by atoms with Crippen LogP contribution < -0.4 is 5.32 Å². The quantitative estimate of drug-likeness (QED) is 0.821. The van der Waals surface area contributed by atoms with Crippen LogP contribution in [0.15, 0.2) is 21.8 Å². The highest BCUT2D eigenvalue weighted by Crippen LogP contribution is 2.43. The highest BCUT2D eigenvalue weighted by molar-refractivity contribution is 8.14. The largest absolute Gasteiger partial charge is 0.334 e. The van der Waals surface area contributed by atoms with E-state index in [-0.39, 0.29) is 0 Å². The second-order valence-electron chi connectivity index (χ2n) is 4.75. The smallest absolute Gasteiger partial charge is 0.161 e. The molecule has 16 heavy (non-hydrogen) atoms. The molecule has 0 amide bonds. The molecule has 1 aliphatic carbocycles. The zero-order chi connectivity index (χ0) is 10.8. The molecule has 0 radical (unpaired) electrons. The van der Waals surface area contributed by atoms with Crippen molar-refractivity contribution < 1.29 is 0 Å². The Morgan fingerprint density at radius 3 is 2.81 bits per heavy atom. The van der Waals surface area contributed by atoms with E-state index in [2.05, 4.69) is 22.1 Å². The number of anilines is 1. The van der Waals surface area contributed by atoms with Crippen molar-refractivity contribution in [3.05, 3.63) is 16.8 Å². The predicted molar refractivity (Wildman–Crippen MR) is 73.6 cm³/mol. The summed E-state index contributed by atoms with van der Waals surface area (Å²) in [6.07, 6.45) is 5.58. The average molecular weight is 252 g/mol. The summed E-state index contributed by atoms with van der Waals surface area (Å²) in [5, 5.41) is 8.72. The lowest BCUT2D eigenvalue weighted by molar-refractivity contribution is 0.359. The Labute approximate surface area is 105 Å². The summed E-state index contributed by atoms with van der Waals surface area (Å²) in [4.78, 5) is 4.71. The number of rotatable bonds is 1. The molecule has 0 bridgehead atoms. The van der Waals surface area contributed by atoms with Gasteiger partial charge in [0.1, 0.15) is 0 Å². The van der Waals surface area contributed by atoms with Crippen molar-refractivity contribution >= 4 is 34.0 Å². The van der Waals surface area contributed by atoms with Crippen LogP contribution in [0.1, 0.15) is 25.7 Å². The first-order valence-electron chi connectivity index (χ1n) is 5.83. The third-order valence-electron chi connectivity index (χ3n) is 3.51. The Kier molecular flexibility index (Phi) is 2.94.